The predicted molar refractivity (Wildman–Crippen MR) is 73.9 cm³/mol. The Bertz CT molecular complexity index is 478. The van der Waals surface area contributed by atoms with E-state index in [1.807, 2.05) is 5.38 Å². The van der Waals surface area contributed by atoms with Gasteiger partial charge in [0, 0.05) is 17.4 Å². The molecule has 0 amide bonds. The third-order valence-electron chi connectivity index (χ3n) is 3.46. The van der Waals surface area contributed by atoms with Gasteiger partial charge in [0.25, 0.3) is 0 Å². The molecule has 1 aliphatic heterocycles. The van der Waals surface area contributed by atoms with Gasteiger partial charge in [-0.3, -0.25) is 0 Å². The molecule has 1 N–H and O–H groups in total. The van der Waals surface area contributed by atoms with E-state index in [2.05, 4.69) is 31.8 Å². The summed E-state index contributed by atoms with van der Waals surface area (Å²) in [5, 5.41) is 22.8. The van der Waals surface area contributed by atoms with Gasteiger partial charge in [0.15, 0.2) is 0 Å². The van der Waals surface area contributed by atoms with E-state index in [1.54, 1.807) is 0 Å². The molecule has 2 rings (SSSR count). The van der Waals surface area contributed by atoms with Gasteiger partial charge in [-0.2, -0.15) is 5.26 Å². The first kappa shape index (κ1) is 14.4. The lowest BCUT2D eigenvalue weighted by atomic mass is 9.77. The van der Waals surface area contributed by atoms with E-state index >= 15 is 0 Å². The van der Waals surface area contributed by atoms with Crippen molar-refractivity contribution in [1.29, 1.82) is 5.26 Å². The van der Waals surface area contributed by atoms with E-state index < -0.39 is 11.5 Å². The highest BCUT2D eigenvalue weighted by molar-refractivity contribution is 7.09. The molecule has 0 spiro atoms. The van der Waals surface area contributed by atoms with Crippen LogP contribution in [-0.4, -0.2) is 23.3 Å². The molecule has 1 aromatic rings. The highest BCUT2D eigenvalue weighted by atomic mass is 32.1. The number of thiazole rings is 1. The van der Waals surface area contributed by atoms with Gasteiger partial charge in [-0.15, -0.1) is 11.3 Å². The van der Waals surface area contributed by atoms with Crippen LogP contribution < -0.4 is 0 Å². The molecule has 0 saturated carbocycles. The molecule has 1 saturated heterocycles. The molecule has 0 bridgehead atoms. The lowest BCUT2D eigenvalue weighted by Gasteiger charge is -2.33. The maximum atomic E-state index is 10.5. The Kier molecular flexibility index (Phi) is 3.95. The van der Waals surface area contributed by atoms with Crippen LogP contribution in [0.1, 0.15) is 50.4 Å². The first-order valence-electron chi connectivity index (χ1n) is 6.52. The lowest BCUT2D eigenvalue weighted by molar-refractivity contribution is -0.0520. The smallest absolute Gasteiger partial charge is 0.118 e. The Morgan fingerprint density at radius 1 is 1.58 bits per heavy atom. The minimum Gasteiger partial charge on any atom is -0.385 e. The van der Waals surface area contributed by atoms with Crippen LogP contribution in [0, 0.1) is 16.7 Å². The van der Waals surface area contributed by atoms with Crippen molar-refractivity contribution >= 4 is 11.3 Å². The second-order valence-corrected chi connectivity index (χ2v) is 7.01. The lowest BCUT2D eigenvalue weighted by Crippen LogP contribution is -2.36. The summed E-state index contributed by atoms with van der Waals surface area (Å²) in [5.74, 6) is 0. The molecule has 2 atom stereocenters. The number of hydrogen-bond donors (Lipinski definition) is 1. The Labute approximate surface area is 118 Å². The van der Waals surface area contributed by atoms with Gasteiger partial charge in [-0.05, 0) is 12.8 Å². The molecule has 4 nitrogen and oxygen atoms in total. The van der Waals surface area contributed by atoms with Crippen molar-refractivity contribution in [3.05, 3.63) is 16.1 Å². The molecule has 0 radical (unpaired) electrons. The Morgan fingerprint density at radius 3 is 2.79 bits per heavy atom. The number of aliphatic hydroxyl groups excluding tert-OH is 1. The maximum absolute atomic E-state index is 10.5. The highest BCUT2D eigenvalue weighted by Gasteiger charge is 2.42. The molecule has 104 valence electrons. The number of aliphatic hydroxyl groups is 1. The molecule has 0 aromatic carbocycles. The molecule has 1 fully saturated rings. The van der Waals surface area contributed by atoms with Crippen LogP contribution >= 0.6 is 11.3 Å². The molecule has 1 aliphatic rings. The quantitative estimate of drug-likeness (QED) is 0.904. The van der Waals surface area contributed by atoms with E-state index in [1.165, 1.54) is 11.3 Å². The third kappa shape index (κ3) is 2.81. The van der Waals surface area contributed by atoms with Gasteiger partial charge < -0.3 is 9.84 Å². The third-order valence-corrected chi connectivity index (χ3v) is 4.75. The summed E-state index contributed by atoms with van der Waals surface area (Å²) in [6.45, 7) is 7.22. The van der Waals surface area contributed by atoms with Crippen LogP contribution in [0.2, 0.25) is 0 Å². The first-order chi connectivity index (χ1) is 8.89. The molecular weight excluding hydrogens is 260 g/mol. The number of hydrogen-bond acceptors (Lipinski definition) is 5. The van der Waals surface area contributed by atoms with E-state index in [0.717, 1.165) is 11.4 Å². The molecule has 2 unspecified atom stereocenters. The monoisotopic (exact) mass is 280 g/mol. The number of aromatic nitrogens is 1. The minimum absolute atomic E-state index is 0.0362. The number of rotatable bonds is 2. The zero-order valence-electron chi connectivity index (χ0n) is 11.6. The van der Waals surface area contributed by atoms with E-state index in [-0.39, 0.29) is 12.0 Å². The van der Waals surface area contributed by atoms with Crippen LogP contribution in [0.15, 0.2) is 5.38 Å². The molecule has 5 heteroatoms. The fourth-order valence-corrected chi connectivity index (χ4v) is 3.15. The van der Waals surface area contributed by atoms with E-state index in [9.17, 15) is 10.4 Å². The Hall–Kier alpha value is -0.960. The number of nitriles is 1. The van der Waals surface area contributed by atoms with Gasteiger partial charge in [-0.1, -0.05) is 20.8 Å². The average Bonchev–Trinajstić information content (AvgIpc) is 2.88. The molecular formula is C14H20N2O2S. The normalized spacial score (nSPS) is 25.8. The van der Waals surface area contributed by atoms with Gasteiger partial charge in [0.1, 0.15) is 11.5 Å². The Balaban J connectivity index is 2.26. The summed E-state index contributed by atoms with van der Waals surface area (Å²) in [6, 6.07) is 2.25. The van der Waals surface area contributed by atoms with Gasteiger partial charge >= 0.3 is 0 Å². The van der Waals surface area contributed by atoms with Crippen molar-refractivity contribution in [2.45, 2.75) is 45.1 Å². The zero-order valence-corrected chi connectivity index (χ0v) is 12.5. The van der Waals surface area contributed by atoms with Crippen molar-refractivity contribution in [1.82, 2.24) is 4.98 Å². The first-order valence-corrected chi connectivity index (χ1v) is 7.40. The average molecular weight is 280 g/mol. The van der Waals surface area contributed by atoms with Crippen molar-refractivity contribution < 1.29 is 9.84 Å². The van der Waals surface area contributed by atoms with E-state index in [0.29, 0.717) is 18.7 Å². The van der Waals surface area contributed by atoms with Crippen molar-refractivity contribution in [2.24, 2.45) is 5.41 Å². The number of ether oxygens (including phenoxy) is 1. The summed E-state index contributed by atoms with van der Waals surface area (Å²) in [4.78, 5) is 4.51. The topological polar surface area (TPSA) is 66.1 Å². The van der Waals surface area contributed by atoms with Crippen LogP contribution in [0.5, 0.6) is 0 Å². The fourth-order valence-electron chi connectivity index (χ4n) is 2.22. The highest BCUT2D eigenvalue weighted by Crippen LogP contribution is 2.41. The van der Waals surface area contributed by atoms with Gasteiger partial charge in [-0.25, -0.2) is 4.98 Å². The predicted octanol–water partition coefficient (Wildman–Crippen LogP) is 2.79. The minimum atomic E-state index is -0.870. The van der Waals surface area contributed by atoms with Gasteiger partial charge in [0.2, 0.25) is 0 Å². The summed E-state index contributed by atoms with van der Waals surface area (Å²) in [7, 11) is 0. The summed E-state index contributed by atoms with van der Waals surface area (Å²) < 4.78 is 5.39. The second kappa shape index (κ2) is 5.20. The van der Waals surface area contributed by atoms with Crippen LogP contribution in [0.3, 0.4) is 0 Å². The largest absolute Gasteiger partial charge is 0.385 e. The summed E-state index contributed by atoms with van der Waals surface area (Å²) in [6.07, 6.45) is 0.596. The zero-order chi connectivity index (χ0) is 14.1. The molecule has 0 aliphatic carbocycles. The van der Waals surface area contributed by atoms with Crippen molar-refractivity contribution in [3.8, 4) is 6.07 Å². The summed E-state index contributed by atoms with van der Waals surface area (Å²) >= 11 is 1.54. The van der Waals surface area contributed by atoms with E-state index in [4.69, 9.17) is 4.74 Å². The molecule has 19 heavy (non-hydrogen) atoms. The van der Waals surface area contributed by atoms with Crippen molar-refractivity contribution in [2.75, 3.05) is 13.2 Å². The van der Waals surface area contributed by atoms with Crippen molar-refractivity contribution in [3.63, 3.8) is 0 Å². The maximum Gasteiger partial charge on any atom is 0.118 e. The number of nitrogens with zero attached hydrogens (tertiary/aromatic N) is 2. The second-order valence-electron chi connectivity index (χ2n) is 6.15. The van der Waals surface area contributed by atoms with Crippen LogP contribution in [-0.2, 0) is 10.2 Å². The summed E-state index contributed by atoms with van der Waals surface area (Å²) in [5.41, 5.74) is -0.283. The standard InChI is InChI=1S/C14H20N2O2S/c1-13(2,3)12-16-10(7-19-12)11(17)14(8-15)5-4-6-18-9-14/h7,11,17H,4-6,9H2,1-3H3. The molecule has 1 aromatic heterocycles. The Morgan fingerprint density at radius 2 is 2.32 bits per heavy atom. The SMILES string of the molecule is CC(C)(C)c1nc(C(O)C2(C#N)CCCOC2)cs1. The van der Waals surface area contributed by atoms with Crippen LogP contribution in [0.4, 0.5) is 0 Å². The molecule has 2 heterocycles. The van der Waals surface area contributed by atoms with Crippen LogP contribution in [0.25, 0.3) is 0 Å². The van der Waals surface area contributed by atoms with Gasteiger partial charge in [0.05, 0.1) is 23.4 Å². The fraction of sp³-hybridized carbons (Fsp3) is 0.714.